The van der Waals surface area contributed by atoms with Gasteiger partial charge in [0.25, 0.3) is 0 Å². The first-order valence-electron chi connectivity index (χ1n) is 6.96. The van der Waals surface area contributed by atoms with Crippen LogP contribution in [0, 0.1) is 6.92 Å². The summed E-state index contributed by atoms with van der Waals surface area (Å²) in [6.45, 7) is 4.91. The highest BCUT2D eigenvalue weighted by Crippen LogP contribution is 2.14. The van der Waals surface area contributed by atoms with E-state index in [1.54, 1.807) is 18.4 Å². The quantitative estimate of drug-likeness (QED) is 0.443. The highest BCUT2D eigenvalue weighted by atomic mass is 127. The van der Waals surface area contributed by atoms with Crippen LogP contribution in [0.3, 0.4) is 0 Å². The van der Waals surface area contributed by atoms with Gasteiger partial charge in [0, 0.05) is 29.9 Å². The van der Waals surface area contributed by atoms with Crippen LogP contribution in [0.15, 0.2) is 17.1 Å². The van der Waals surface area contributed by atoms with Crippen molar-refractivity contribution in [3.8, 4) is 0 Å². The van der Waals surface area contributed by atoms with Crippen molar-refractivity contribution in [2.75, 3.05) is 26.7 Å². The predicted molar refractivity (Wildman–Crippen MR) is 98.5 cm³/mol. The Balaban J connectivity index is 0.00000220. The summed E-state index contributed by atoms with van der Waals surface area (Å²) < 4.78 is 0. The summed E-state index contributed by atoms with van der Waals surface area (Å²) >= 11 is 1.76. The molecule has 0 bridgehead atoms. The van der Waals surface area contributed by atoms with Crippen molar-refractivity contribution in [3.05, 3.63) is 21.9 Å². The summed E-state index contributed by atoms with van der Waals surface area (Å²) in [7, 11) is 1.72. The summed E-state index contributed by atoms with van der Waals surface area (Å²) in [6.07, 6.45) is 2.24. The Morgan fingerprint density at radius 1 is 1.33 bits per heavy atom. The van der Waals surface area contributed by atoms with Gasteiger partial charge in [0.1, 0.15) is 0 Å². The molecule has 0 aromatic carbocycles. The van der Waals surface area contributed by atoms with Gasteiger partial charge in [0.05, 0.1) is 13.1 Å². The predicted octanol–water partition coefficient (Wildman–Crippen LogP) is 1.96. The number of hydrogen-bond acceptors (Lipinski definition) is 3. The van der Waals surface area contributed by atoms with Gasteiger partial charge in [-0.05, 0) is 31.9 Å². The van der Waals surface area contributed by atoms with Gasteiger partial charge >= 0.3 is 0 Å². The summed E-state index contributed by atoms with van der Waals surface area (Å²) in [4.78, 5) is 20.5. The lowest BCUT2D eigenvalue weighted by Gasteiger charge is -2.17. The largest absolute Gasteiger partial charge is 0.352 e. The Morgan fingerprint density at radius 2 is 2.05 bits per heavy atom. The molecule has 1 amide bonds. The number of nitrogens with zero attached hydrogens (tertiary/aromatic N) is 2. The van der Waals surface area contributed by atoms with E-state index in [0.717, 1.165) is 32.5 Å². The molecular weight excluding hydrogens is 399 g/mol. The molecule has 1 aromatic rings. The average Bonchev–Trinajstić information content (AvgIpc) is 3.10. The molecule has 2 heterocycles. The average molecular weight is 422 g/mol. The Labute approximate surface area is 147 Å². The molecule has 0 radical (unpaired) electrons. The first kappa shape index (κ1) is 18.2. The number of nitrogens with one attached hydrogen (secondary N) is 2. The number of hydrogen-bond donors (Lipinski definition) is 2. The van der Waals surface area contributed by atoms with Crippen molar-refractivity contribution in [2.24, 2.45) is 4.99 Å². The Bertz CT molecular complexity index is 483. The first-order valence-corrected chi connectivity index (χ1v) is 7.78. The zero-order valence-corrected chi connectivity index (χ0v) is 15.7. The molecule has 0 saturated carbocycles. The third-order valence-corrected chi connectivity index (χ3v) is 4.32. The molecule has 5 nitrogen and oxygen atoms in total. The van der Waals surface area contributed by atoms with Crippen molar-refractivity contribution in [3.63, 3.8) is 0 Å². The van der Waals surface area contributed by atoms with E-state index in [2.05, 4.69) is 34.7 Å². The van der Waals surface area contributed by atoms with Gasteiger partial charge < -0.3 is 15.5 Å². The maximum atomic E-state index is 11.9. The Kier molecular flexibility index (Phi) is 8.02. The maximum Gasteiger partial charge on any atom is 0.241 e. The van der Waals surface area contributed by atoms with Crippen LogP contribution in [0.4, 0.5) is 0 Å². The fourth-order valence-corrected chi connectivity index (χ4v) is 3.04. The number of aryl methyl sites for hydroxylation is 1. The standard InChI is InChI=1S/C14H22N4OS.HI/c1-11-5-6-12(20-11)9-16-14(15-2)17-10-13(19)18-7-3-4-8-18;/h5-6H,3-4,7-10H2,1-2H3,(H2,15,16,17);1H. The third-order valence-electron chi connectivity index (χ3n) is 3.32. The number of amides is 1. The van der Waals surface area contributed by atoms with Crippen molar-refractivity contribution in [2.45, 2.75) is 26.3 Å². The normalized spacial score (nSPS) is 14.8. The fraction of sp³-hybridized carbons (Fsp3) is 0.571. The fourth-order valence-electron chi connectivity index (χ4n) is 2.21. The molecule has 0 spiro atoms. The minimum absolute atomic E-state index is 0. The van der Waals surface area contributed by atoms with Crippen LogP contribution in [0.5, 0.6) is 0 Å². The number of guanidine groups is 1. The van der Waals surface area contributed by atoms with Gasteiger partial charge in [-0.15, -0.1) is 35.3 Å². The summed E-state index contributed by atoms with van der Waals surface area (Å²) in [5.41, 5.74) is 0. The van der Waals surface area contributed by atoms with Crippen LogP contribution in [0.25, 0.3) is 0 Å². The number of thiophene rings is 1. The summed E-state index contributed by atoms with van der Waals surface area (Å²) in [6, 6.07) is 4.21. The molecule has 1 saturated heterocycles. The highest BCUT2D eigenvalue weighted by molar-refractivity contribution is 14.0. The van der Waals surface area contributed by atoms with E-state index < -0.39 is 0 Å². The van der Waals surface area contributed by atoms with Crippen LogP contribution in [0.1, 0.15) is 22.6 Å². The smallest absolute Gasteiger partial charge is 0.241 e. The van der Waals surface area contributed by atoms with E-state index in [0.29, 0.717) is 12.5 Å². The highest BCUT2D eigenvalue weighted by Gasteiger charge is 2.17. The molecule has 21 heavy (non-hydrogen) atoms. The Hall–Kier alpha value is -0.830. The van der Waals surface area contributed by atoms with E-state index in [1.165, 1.54) is 9.75 Å². The lowest BCUT2D eigenvalue weighted by Crippen LogP contribution is -2.43. The van der Waals surface area contributed by atoms with Crippen molar-refractivity contribution in [1.82, 2.24) is 15.5 Å². The molecule has 1 fully saturated rings. The zero-order chi connectivity index (χ0) is 14.4. The van der Waals surface area contributed by atoms with Crippen LogP contribution >= 0.6 is 35.3 Å². The summed E-state index contributed by atoms with van der Waals surface area (Å²) in [5, 5.41) is 6.30. The molecule has 1 aliphatic heterocycles. The molecule has 0 aliphatic carbocycles. The van der Waals surface area contributed by atoms with E-state index in [9.17, 15) is 4.79 Å². The molecule has 0 atom stereocenters. The van der Waals surface area contributed by atoms with E-state index >= 15 is 0 Å². The van der Waals surface area contributed by atoms with Gasteiger partial charge in [0.2, 0.25) is 5.91 Å². The van der Waals surface area contributed by atoms with E-state index in [-0.39, 0.29) is 29.9 Å². The lowest BCUT2D eigenvalue weighted by atomic mass is 10.4. The number of rotatable bonds is 4. The van der Waals surface area contributed by atoms with Crippen molar-refractivity contribution >= 4 is 47.2 Å². The van der Waals surface area contributed by atoms with Crippen LogP contribution in [0.2, 0.25) is 0 Å². The van der Waals surface area contributed by atoms with E-state index in [4.69, 9.17) is 0 Å². The molecular formula is C14H23IN4OS. The number of aliphatic imine (C=N–C) groups is 1. The summed E-state index contributed by atoms with van der Waals surface area (Å²) in [5.74, 6) is 0.820. The van der Waals surface area contributed by atoms with Gasteiger partial charge in [-0.3, -0.25) is 9.79 Å². The van der Waals surface area contributed by atoms with Gasteiger partial charge in [-0.1, -0.05) is 0 Å². The van der Waals surface area contributed by atoms with Gasteiger partial charge in [0.15, 0.2) is 5.96 Å². The van der Waals surface area contributed by atoms with Crippen molar-refractivity contribution < 1.29 is 4.79 Å². The molecule has 2 N–H and O–H groups in total. The minimum atomic E-state index is 0. The SMILES string of the molecule is CN=C(NCC(=O)N1CCCC1)NCc1ccc(C)s1.I. The zero-order valence-electron chi connectivity index (χ0n) is 12.5. The lowest BCUT2D eigenvalue weighted by molar-refractivity contribution is -0.128. The van der Waals surface area contributed by atoms with Crippen LogP contribution in [-0.2, 0) is 11.3 Å². The Morgan fingerprint density at radius 3 is 2.62 bits per heavy atom. The molecule has 7 heteroatoms. The molecule has 0 unspecified atom stereocenters. The second-order valence-electron chi connectivity index (χ2n) is 4.88. The number of carbonyl (C=O) groups excluding carboxylic acids is 1. The number of halogens is 1. The molecule has 2 rings (SSSR count). The van der Waals surface area contributed by atoms with Crippen LogP contribution in [-0.4, -0.2) is 43.4 Å². The van der Waals surface area contributed by atoms with Gasteiger partial charge in [-0.2, -0.15) is 0 Å². The number of likely N-dealkylation sites (tertiary alicyclic amines) is 1. The maximum absolute atomic E-state index is 11.9. The van der Waals surface area contributed by atoms with Gasteiger partial charge in [-0.25, -0.2) is 0 Å². The monoisotopic (exact) mass is 422 g/mol. The second kappa shape index (κ2) is 9.24. The van der Waals surface area contributed by atoms with Crippen molar-refractivity contribution in [1.29, 1.82) is 0 Å². The van der Waals surface area contributed by atoms with E-state index in [1.807, 2.05) is 4.90 Å². The molecule has 118 valence electrons. The first-order chi connectivity index (χ1) is 9.69. The van der Waals surface area contributed by atoms with Crippen LogP contribution < -0.4 is 10.6 Å². The topological polar surface area (TPSA) is 56.7 Å². The molecule has 1 aliphatic rings. The minimum Gasteiger partial charge on any atom is -0.352 e. The third kappa shape index (κ3) is 5.82. The molecule has 1 aromatic heterocycles. The number of carbonyl (C=O) groups is 1. The second-order valence-corrected chi connectivity index (χ2v) is 6.25.